The van der Waals surface area contributed by atoms with Crippen LogP contribution in [0.5, 0.6) is 0 Å². The van der Waals surface area contributed by atoms with Crippen molar-refractivity contribution in [2.75, 3.05) is 0 Å². The number of amides is 1. The molecule has 2 bridgehead atoms. The van der Waals surface area contributed by atoms with Crippen LogP contribution in [-0.4, -0.2) is 11.9 Å². The van der Waals surface area contributed by atoms with Crippen LogP contribution in [-0.2, 0) is 4.79 Å². The molecule has 4 heteroatoms. The fraction of sp³-hybridized carbons (Fsp3) is 0.650. The number of halogens is 1. The standard InChI is InChI=1S/C20H27ClN2O/c21-17-8-6-13(7-9-17)19(12-4-5-12)23-20(24)16-10-14-2-1-3-15(11-16)18(14)22/h6-9,12,14-16,18-19H,1-5,10-11,22H2,(H,23,24). The normalized spacial score (nSPS) is 33.8. The van der Waals surface area contributed by atoms with Crippen molar-refractivity contribution in [1.82, 2.24) is 5.32 Å². The first-order chi connectivity index (χ1) is 11.6. The third-order valence-corrected chi connectivity index (χ3v) is 6.66. The molecule has 4 rings (SSSR count). The van der Waals surface area contributed by atoms with E-state index in [2.05, 4.69) is 17.4 Å². The Balaban J connectivity index is 1.45. The summed E-state index contributed by atoms with van der Waals surface area (Å²) in [6.07, 6.45) is 8.04. The minimum absolute atomic E-state index is 0.144. The molecule has 1 aromatic carbocycles. The molecule has 3 saturated carbocycles. The molecule has 3 nitrogen and oxygen atoms in total. The predicted molar refractivity (Wildman–Crippen MR) is 96.6 cm³/mol. The molecule has 3 aliphatic carbocycles. The maximum Gasteiger partial charge on any atom is 0.223 e. The largest absolute Gasteiger partial charge is 0.349 e. The lowest BCUT2D eigenvalue weighted by Gasteiger charge is -2.43. The summed E-state index contributed by atoms with van der Waals surface area (Å²) in [5, 5.41) is 4.11. The summed E-state index contributed by atoms with van der Waals surface area (Å²) < 4.78 is 0. The molecule has 1 aromatic rings. The van der Waals surface area contributed by atoms with Crippen molar-refractivity contribution < 1.29 is 4.79 Å². The maximum absolute atomic E-state index is 12.9. The zero-order valence-corrected chi connectivity index (χ0v) is 14.8. The number of hydrogen-bond acceptors (Lipinski definition) is 2. The van der Waals surface area contributed by atoms with Gasteiger partial charge >= 0.3 is 0 Å². The third kappa shape index (κ3) is 3.34. The lowest BCUT2D eigenvalue weighted by Crippen LogP contribution is -2.49. The van der Waals surface area contributed by atoms with E-state index in [9.17, 15) is 4.79 Å². The summed E-state index contributed by atoms with van der Waals surface area (Å²) >= 11 is 6.01. The van der Waals surface area contributed by atoms with Crippen molar-refractivity contribution in [3.63, 3.8) is 0 Å². The summed E-state index contributed by atoms with van der Waals surface area (Å²) in [6.45, 7) is 0. The minimum Gasteiger partial charge on any atom is -0.349 e. The second kappa shape index (κ2) is 6.68. The van der Waals surface area contributed by atoms with Gasteiger partial charge in [-0.2, -0.15) is 0 Å². The molecule has 1 amide bonds. The second-order valence-electron chi connectivity index (χ2n) is 8.07. The van der Waals surface area contributed by atoms with Gasteiger partial charge in [-0.05, 0) is 74.0 Å². The fourth-order valence-electron chi connectivity index (χ4n) is 4.85. The molecule has 0 radical (unpaired) electrons. The molecule has 3 fully saturated rings. The van der Waals surface area contributed by atoms with E-state index in [1.54, 1.807) is 0 Å². The van der Waals surface area contributed by atoms with Crippen molar-refractivity contribution in [1.29, 1.82) is 0 Å². The Hall–Kier alpha value is -1.06. The number of hydrogen-bond donors (Lipinski definition) is 2. The number of carbonyl (C=O) groups excluding carboxylic acids is 1. The zero-order valence-electron chi connectivity index (χ0n) is 14.1. The molecule has 0 aliphatic heterocycles. The zero-order chi connectivity index (χ0) is 16.7. The van der Waals surface area contributed by atoms with Crippen LogP contribution in [0.15, 0.2) is 24.3 Å². The van der Waals surface area contributed by atoms with E-state index in [1.807, 2.05) is 12.1 Å². The molecule has 0 heterocycles. The molecule has 0 saturated heterocycles. The molecule has 3 N–H and O–H groups in total. The van der Waals surface area contributed by atoms with E-state index >= 15 is 0 Å². The van der Waals surface area contributed by atoms with Crippen molar-refractivity contribution in [2.45, 2.75) is 57.0 Å². The van der Waals surface area contributed by atoms with Crippen LogP contribution in [0.4, 0.5) is 0 Å². The van der Waals surface area contributed by atoms with E-state index in [-0.39, 0.29) is 17.9 Å². The Kier molecular flexibility index (Phi) is 4.57. The predicted octanol–water partition coefficient (Wildman–Crippen LogP) is 4.06. The summed E-state index contributed by atoms with van der Waals surface area (Å²) in [5.41, 5.74) is 7.55. The van der Waals surface area contributed by atoms with Crippen molar-refractivity contribution in [2.24, 2.45) is 29.4 Å². The Morgan fingerprint density at radius 1 is 1.08 bits per heavy atom. The summed E-state index contributed by atoms with van der Waals surface area (Å²) in [5.74, 6) is 2.06. The van der Waals surface area contributed by atoms with Gasteiger partial charge in [-0.1, -0.05) is 30.2 Å². The smallest absolute Gasteiger partial charge is 0.223 e. The topological polar surface area (TPSA) is 55.1 Å². The number of nitrogens with one attached hydrogen (secondary N) is 1. The summed E-state index contributed by atoms with van der Waals surface area (Å²) in [4.78, 5) is 12.9. The van der Waals surface area contributed by atoms with Gasteiger partial charge < -0.3 is 11.1 Å². The van der Waals surface area contributed by atoms with E-state index < -0.39 is 0 Å². The van der Waals surface area contributed by atoms with Crippen LogP contribution in [0.3, 0.4) is 0 Å². The Morgan fingerprint density at radius 3 is 2.29 bits per heavy atom. The van der Waals surface area contributed by atoms with Gasteiger partial charge in [-0.3, -0.25) is 4.79 Å². The number of carbonyl (C=O) groups is 1. The fourth-order valence-corrected chi connectivity index (χ4v) is 4.97. The summed E-state index contributed by atoms with van der Waals surface area (Å²) in [7, 11) is 0. The van der Waals surface area contributed by atoms with Crippen LogP contribution >= 0.6 is 11.6 Å². The number of fused-ring (bicyclic) bond motifs is 2. The van der Waals surface area contributed by atoms with Crippen LogP contribution in [0.25, 0.3) is 0 Å². The Bertz CT molecular complexity index is 584. The minimum atomic E-state index is 0.144. The third-order valence-electron chi connectivity index (χ3n) is 6.40. The van der Waals surface area contributed by atoms with Gasteiger partial charge in [-0.15, -0.1) is 0 Å². The van der Waals surface area contributed by atoms with Crippen LogP contribution in [0.2, 0.25) is 5.02 Å². The first kappa shape index (κ1) is 16.4. The van der Waals surface area contributed by atoms with Crippen molar-refractivity contribution in [3.8, 4) is 0 Å². The molecular formula is C20H27ClN2O. The van der Waals surface area contributed by atoms with E-state index in [4.69, 9.17) is 17.3 Å². The summed E-state index contributed by atoms with van der Waals surface area (Å²) in [6, 6.07) is 8.41. The quantitative estimate of drug-likeness (QED) is 0.863. The van der Waals surface area contributed by atoms with Crippen LogP contribution in [0.1, 0.15) is 56.6 Å². The van der Waals surface area contributed by atoms with Gasteiger partial charge in [0.1, 0.15) is 0 Å². The van der Waals surface area contributed by atoms with E-state index in [1.165, 1.54) is 37.7 Å². The molecule has 3 aliphatic rings. The second-order valence-corrected chi connectivity index (χ2v) is 8.51. The highest BCUT2D eigenvalue weighted by Gasteiger charge is 2.42. The van der Waals surface area contributed by atoms with Gasteiger partial charge in [0.15, 0.2) is 0 Å². The average Bonchev–Trinajstić information content (AvgIpc) is 3.38. The molecular weight excluding hydrogens is 320 g/mol. The number of benzene rings is 1. The molecule has 0 spiro atoms. The van der Waals surface area contributed by atoms with Gasteiger partial charge in [0.25, 0.3) is 0 Å². The number of nitrogens with two attached hydrogens (primary N) is 1. The van der Waals surface area contributed by atoms with Gasteiger partial charge in [0.2, 0.25) is 5.91 Å². The average molecular weight is 347 g/mol. The van der Waals surface area contributed by atoms with E-state index in [0.29, 0.717) is 23.8 Å². The van der Waals surface area contributed by atoms with Crippen molar-refractivity contribution in [3.05, 3.63) is 34.9 Å². The van der Waals surface area contributed by atoms with Crippen molar-refractivity contribution >= 4 is 17.5 Å². The molecule has 3 atom stereocenters. The van der Waals surface area contributed by atoms with Crippen LogP contribution < -0.4 is 11.1 Å². The first-order valence-corrected chi connectivity index (χ1v) is 9.81. The Morgan fingerprint density at radius 2 is 1.71 bits per heavy atom. The Labute approximate surface area is 149 Å². The van der Waals surface area contributed by atoms with Crippen LogP contribution in [0, 0.1) is 23.7 Å². The first-order valence-electron chi connectivity index (χ1n) is 9.43. The monoisotopic (exact) mass is 346 g/mol. The SMILES string of the molecule is NC1C2CCCC1CC(C(=O)NC(c1ccc(Cl)cc1)C1CC1)C2. The van der Waals surface area contributed by atoms with Gasteiger partial charge in [0, 0.05) is 17.0 Å². The van der Waals surface area contributed by atoms with Gasteiger partial charge in [-0.25, -0.2) is 0 Å². The maximum atomic E-state index is 12.9. The molecule has 24 heavy (non-hydrogen) atoms. The highest BCUT2D eigenvalue weighted by Crippen LogP contribution is 2.44. The molecule has 130 valence electrons. The highest BCUT2D eigenvalue weighted by molar-refractivity contribution is 6.30. The molecule has 3 unspecified atom stereocenters. The lowest BCUT2D eigenvalue weighted by molar-refractivity contribution is -0.128. The highest BCUT2D eigenvalue weighted by atomic mass is 35.5. The number of rotatable bonds is 4. The van der Waals surface area contributed by atoms with E-state index in [0.717, 1.165) is 17.9 Å². The van der Waals surface area contributed by atoms with Gasteiger partial charge in [0.05, 0.1) is 6.04 Å². The molecule has 0 aromatic heterocycles. The lowest BCUT2D eigenvalue weighted by atomic mass is 9.65.